The lowest BCUT2D eigenvalue weighted by molar-refractivity contribution is -0.150. The number of carbonyl (C=O) groups is 1. The average molecular weight is 248 g/mol. The first-order chi connectivity index (χ1) is 8.55. The lowest BCUT2D eigenvalue weighted by atomic mass is 9.44. The van der Waals surface area contributed by atoms with Crippen molar-refractivity contribution in [1.82, 2.24) is 0 Å². The standard InChI is InChI=1S/C16H24O2/c1-10(9-18-3)15(17)16(2)13-5-11-4-12(7-13)8-14(16)6-11/h11-14H,1,4-9H2,2-3H3. The van der Waals surface area contributed by atoms with E-state index >= 15 is 0 Å². The molecular weight excluding hydrogens is 224 g/mol. The molecule has 4 aliphatic carbocycles. The minimum absolute atomic E-state index is 0.136. The zero-order chi connectivity index (χ0) is 12.9. The van der Waals surface area contributed by atoms with E-state index in [1.807, 2.05) is 0 Å². The molecule has 4 aliphatic rings. The van der Waals surface area contributed by atoms with Crippen LogP contribution in [-0.2, 0) is 9.53 Å². The van der Waals surface area contributed by atoms with Crippen LogP contribution in [-0.4, -0.2) is 19.5 Å². The molecule has 0 radical (unpaired) electrons. The second-order valence-corrected chi connectivity index (χ2v) is 6.95. The molecule has 2 heteroatoms. The maximum atomic E-state index is 12.8. The molecule has 0 unspecified atom stereocenters. The van der Waals surface area contributed by atoms with E-state index in [2.05, 4.69) is 13.5 Å². The molecule has 4 saturated carbocycles. The van der Waals surface area contributed by atoms with Crippen LogP contribution in [0.25, 0.3) is 0 Å². The normalized spacial score (nSPS) is 45.2. The fraction of sp³-hybridized carbons (Fsp3) is 0.812. The highest BCUT2D eigenvalue weighted by Gasteiger charge is 2.58. The van der Waals surface area contributed by atoms with Crippen LogP contribution < -0.4 is 0 Å². The van der Waals surface area contributed by atoms with Crippen LogP contribution in [0.15, 0.2) is 12.2 Å². The molecule has 0 aliphatic heterocycles. The van der Waals surface area contributed by atoms with E-state index in [1.54, 1.807) is 7.11 Å². The Morgan fingerprint density at radius 3 is 2.11 bits per heavy atom. The molecule has 0 aromatic rings. The highest BCUT2D eigenvalue weighted by molar-refractivity contribution is 6.00. The fourth-order valence-electron chi connectivity index (χ4n) is 5.15. The van der Waals surface area contributed by atoms with E-state index in [-0.39, 0.29) is 11.2 Å². The third-order valence-electron chi connectivity index (χ3n) is 5.96. The van der Waals surface area contributed by atoms with Crippen LogP contribution in [0.4, 0.5) is 0 Å². The van der Waals surface area contributed by atoms with Crippen molar-refractivity contribution in [3.8, 4) is 0 Å². The Morgan fingerprint density at radius 1 is 1.17 bits per heavy atom. The predicted molar refractivity (Wildman–Crippen MR) is 71.2 cm³/mol. The second kappa shape index (κ2) is 4.19. The van der Waals surface area contributed by atoms with Gasteiger partial charge in [-0.25, -0.2) is 0 Å². The second-order valence-electron chi connectivity index (χ2n) is 6.95. The van der Waals surface area contributed by atoms with Crippen LogP contribution in [0.5, 0.6) is 0 Å². The van der Waals surface area contributed by atoms with Gasteiger partial charge in [-0.2, -0.15) is 0 Å². The van der Waals surface area contributed by atoms with E-state index in [4.69, 9.17) is 4.74 Å². The third kappa shape index (κ3) is 1.61. The van der Waals surface area contributed by atoms with E-state index in [0.29, 0.717) is 24.0 Å². The fourth-order valence-corrected chi connectivity index (χ4v) is 5.15. The van der Waals surface area contributed by atoms with E-state index < -0.39 is 0 Å². The smallest absolute Gasteiger partial charge is 0.166 e. The molecule has 0 atom stereocenters. The number of ketones is 1. The highest BCUT2D eigenvalue weighted by Crippen LogP contribution is 2.62. The number of hydrogen-bond acceptors (Lipinski definition) is 2. The van der Waals surface area contributed by atoms with Gasteiger partial charge in [0.1, 0.15) is 0 Å². The summed E-state index contributed by atoms with van der Waals surface area (Å²) in [6.45, 7) is 6.55. The summed E-state index contributed by atoms with van der Waals surface area (Å²) in [4.78, 5) is 12.8. The van der Waals surface area contributed by atoms with Crippen LogP contribution in [0.2, 0.25) is 0 Å². The summed E-state index contributed by atoms with van der Waals surface area (Å²) < 4.78 is 5.09. The molecule has 0 N–H and O–H groups in total. The lowest BCUT2D eigenvalue weighted by Gasteiger charge is -2.59. The van der Waals surface area contributed by atoms with Crippen molar-refractivity contribution in [2.45, 2.75) is 39.0 Å². The molecule has 0 heterocycles. The molecule has 0 spiro atoms. The van der Waals surface area contributed by atoms with E-state index in [0.717, 1.165) is 11.8 Å². The maximum absolute atomic E-state index is 12.8. The molecule has 0 aromatic carbocycles. The van der Waals surface area contributed by atoms with Gasteiger partial charge in [-0.15, -0.1) is 0 Å². The van der Waals surface area contributed by atoms with E-state index in [9.17, 15) is 4.79 Å². The molecule has 4 rings (SSSR count). The minimum atomic E-state index is -0.136. The Balaban J connectivity index is 1.86. The van der Waals surface area contributed by atoms with Crippen molar-refractivity contribution < 1.29 is 9.53 Å². The SMILES string of the molecule is C=C(COC)C(=O)C1(C)C2CC3CC(C2)CC1C3. The maximum Gasteiger partial charge on any atom is 0.166 e. The van der Waals surface area contributed by atoms with Gasteiger partial charge in [0.05, 0.1) is 6.61 Å². The van der Waals surface area contributed by atoms with Crippen molar-refractivity contribution in [1.29, 1.82) is 0 Å². The van der Waals surface area contributed by atoms with Gasteiger partial charge in [0.15, 0.2) is 5.78 Å². The zero-order valence-corrected chi connectivity index (χ0v) is 11.6. The molecule has 2 nitrogen and oxygen atoms in total. The highest BCUT2D eigenvalue weighted by atomic mass is 16.5. The Labute approximate surface area is 110 Å². The topological polar surface area (TPSA) is 26.3 Å². The number of hydrogen-bond donors (Lipinski definition) is 0. The zero-order valence-electron chi connectivity index (χ0n) is 11.6. The van der Waals surface area contributed by atoms with Crippen LogP contribution in [0.3, 0.4) is 0 Å². The lowest BCUT2D eigenvalue weighted by Crippen LogP contribution is -2.55. The van der Waals surface area contributed by atoms with Gasteiger partial charge in [-0.3, -0.25) is 4.79 Å². The first kappa shape index (κ1) is 12.4. The number of rotatable bonds is 4. The average Bonchev–Trinajstić information content (AvgIpc) is 2.34. The molecular formula is C16H24O2. The summed E-state index contributed by atoms with van der Waals surface area (Å²) in [5, 5.41) is 0. The summed E-state index contributed by atoms with van der Waals surface area (Å²) in [6, 6.07) is 0. The van der Waals surface area contributed by atoms with Gasteiger partial charge in [0.25, 0.3) is 0 Å². The van der Waals surface area contributed by atoms with Gasteiger partial charge in [0.2, 0.25) is 0 Å². The summed E-state index contributed by atoms with van der Waals surface area (Å²) >= 11 is 0. The number of Topliss-reactive ketones (excluding diaryl/α,β-unsaturated/α-hetero) is 1. The van der Waals surface area contributed by atoms with E-state index in [1.165, 1.54) is 32.1 Å². The number of carbonyl (C=O) groups excluding carboxylic acids is 1. The summed E-state index contributed by atoms with van der Waals surface area (Å²) in [5.74, 6) is 3.32. The van der Waals surface area contributed by atoms with Gasteiger partial charge in [0, 0.05) is 18.1 Å². The van der Waals surface area contributed by atoms with Crippen molar-refractivity contribution in [3.05, 3.63) is 12.2 Å². The van der Waals surface area contributed by atoms with Crippen LogP contribution in [0, 0.1) is 29.1 Å². The summed E-state index contributed by atoms with van der Waals surface area (Å²) in [6.07, 6.45) is 6.52. The van der Waals surface area contributed by atoms with Crippen molar-refractivity contribution in [2.24, 2.45) is 29.1 Å². The molecule has 100 valence electrons. The van der Waals surface area contributed by atoms with Gasteiger partial charge in [-0.1, -0.05) is 13.5 Å². The van der Waals surface area contributed by atoms with Crippen LogP contribution >= 0.6 is 0 Å². The van der Waals surface area contributed by atoms with Crippen molar-refractivity contribution in [3.63, 3.8) is 0 Å². The van der Waals surface area contributed by atoms with Crippen molar-refractivity contribution in [2.75, 3.05) is 13.7 Å². The Bertz CT molecular complexity index is 355. The largest absolute Gasteiger partial charge is 0.380 e. The Kier molecular flexibility index (Phi) is 2.89. The summed E-state index contributed by atoms with van der Waals surface area (Å²) in [7, 11) is 1.64. The third-order valence-corrected chi connectivity index (χ3v) is 5.96. The van der Waals surface area contributed by atoms with Gasteiger partial charge < -0.3 is 4.74 Å². The Hall–Kier alpha value is -0.630. The van der Waals surface area contributed by atoms with Gasteiger partial charge >= 0.3 is 0 Å². The van der Waals surface area contributed by atoms with Crippen molar-refractivity contribution >= 4 is 5.78 Å². The van der Waals surface area contributed by atoms with Crippen LogP contribution in [0.1, 0.15) is 39.0 Å². The Morgan fingerprint density at radius 2 is 1.67 bits per heavy atom. The van der Waals surface area contributed by atoms with Gasteiger partial charge in [-0.05, 0) is 55.8 Å². The first-order valence-corrected chi connectivity index (χ1v) is 7.27. The summed E-state index contributed by atoms with van der Waals surface area (Å²) in [5.41, 5.74) is 0.538. The molecule has 0 aromatic heterocycles. The molecule has 18 heavy (non-hydrogen) atoms. The monoisotopic (exact) mass is 248 g/mol. The first-order valence-electron chi connectivity index (χ1n) is 7.27. The molecule has 0 amide bonds. The molecule has 4 fully saturated rings. The number of methoxy groups -OCH3 is 1. The predicted octanol–water partition coefficient (Wildman–Crippen LogP) is 3.22. The molecule has 0 saturated heterocycles. The number of ether oxygens (including phenoxy) is 1. The quantitative estimate of drug-likeness (QED) is 0.714. The minimum Gasteiger partial charge on any atom is -0.380 e. The molecule has 4 bridgehead atoms.